The molecule has 0 bridgehead atoms. The van der Waals surface area contributed by atoms with Crippen LogP contribution in [0.15, 0.2) is 23.1 Å². The molecule has 0 saturated carbocycles. The zero-order valence-electron chi connectivity index (χ0n) is 11.9. The molecule has 0 radical (unpaired) electrons. The Hall–Kier alpha value is -1.31. The van der Waals surface area contributed by atoms with Crippen LogP contribution in [-0.2, 0) is 10.0 Å². The largest absolute Gasteiger partial charge is 0.398 e. The molecular formula is C13H22N4O2S. The van der Waals surface area contributed by atoms with Crippen LogP contribution in [-0.4, -0.2) is 46.5 Å². The summed E-state index contributed by atoms with van der Waals surface area (Å²) in [6.45, 7) is 2.14. The quantitative estimate of drug-likeness (QED) is 0.712. The molecule has 1 aromatic rings. The second kappa shape index (κ2) is 5.99. The monoisotopic (exact) mass is 298 g/mol. The number of sulfonamides is 1. The first-order valence-corrected chi connectivity index (χ1v) is 8.19. The molecule has 6 nitrogen and oxygen atoms in total. The van der Waals surface area contributed by atoms with Crippen LogP contribution in [0.2, 0.25) is 0 Å². The van der Waals surface area contributed by atoms with Crippen LogP contribution in [0, 0.1) is 0 Å². The van der Waals surface area contributed by atoms with E-state index in [1.54, 1.807) is 18.2 Å². The van der Waals surface area contributed by atoms with Crippen molar-refractivity contribution >= 4 is 21.4 Å². The Balaban J connectivity index is 2.10. The summed E-state index contributed by atoms with van der Waals surface area (Å²) in [6, 6.07) is 5.40. The fourth-order valence-corrected chi connectivity index (χ4v) is 3.22. The summed E-state index contributed by atoms with van der Waals surface area (Å²) < 4.78 is 25.8. The van der Waals surface area contributed by atoms with E-state index in [2.05, 4.69) is 22.0 Å². The third kappa shape index (κ3) is 3.41. The maximum absolute atomic E-state index is 11.7. The Morgan fingerprint density at radius 2 is 1.95 bits per heavy atom. The molecule has 0 spiro atoms. The lowest BCUT2D eigenvalue weighted by molar-refractivity contribution is 0.264. The molecule has 1 heterocycles. The van der Waals surface area contributed by atoms with Crippen molar-refractivity contribution in [3.05, 3.63) is 18.2 Å². The molecule has 7 heteroatoms. The van der Waals surface area contributed by atoms with Gasteiger partial charge in [-0.05, 0) is 58.2 Å². The standard InChI is InChI=1S/C13H22N4O2S/c1-15-20(18,19)13-4-3-11(9-12(13)14)16-10-5-7-17(2)8-6-10/h3-4,9-10,15-16H,5-8,14H2,1-2H3. The topological polar surface area (TPSA) is 87.5 Å². The Morgan fingerprint density at radius 1 is 1.30 bits per heavy atom. The van der Waals surface area contributed by atoms with E-state index in [1.807, 2.05) is 0 Å². The van der Waals surface area contributed by atoms with Crippen LogP contribution in [0.5, 0.6) is 0 Å². The summed E-state index contributed by atoms with van der Waals surface area (Å²) in [5.74, 6) is 0. The van der Waals surface area contributed by atoms with Crippen molar-refractivity contribution < 1.29 is 8.42 Å². The highest BCUT2D eigenvalue weighted by atomic mass is 32.2. The smallest absolute Gasteiger partial charge is 0.242 e. The van der Waals surface area contributed by atoms with Gasteiger partial charge in [-0.2, -0.15) is 0 Å². The zero-order valence-corrected chi connectivity index (χ0v) is 12.7. The molecule has 1 aromatic carbocycles. The van der Waals surface area contributed by atoms with Crippen molar-refractivity contribution in [1.82, 2.24) is 9.62 Å². The molecule has 20 heavy (non-hydrogen) atoms. The van der Waals surface area contributed by atoms with E-state index in [0.29, 0.717) is 6.04 Å². The number of benzene rings is 1. The SMILES string of the molecule is CNS(=O)(=O)c1ccc(NC2CCN(C)CC2)cc1N. The lowest BCUT2D eigenvalue weighted by Crippen LogP contribution is -2.36. The average molecular weight is 298 g/mol. The number of nitrogens with one attached hydrogen (secondary N) is 2. The average Bonchev–Trinajstić information content (AvgIpc) is 2.41. The number of nitrogen functional groups attached to an aromatic ring is 1. The van der Waals surface area contributed by atoms with Crippen molar-refractivity contribution in [1.29, 1.82) is 0 Å². The first kappa shape index (κ1) is 15.1. The molecule has 0 atom stereocenters. The highest BCUT2D eigenvalue weighted by Gasteiger charge is 2.18. The third-order valence-corrected chi connectivity index (χ3v) is 5.15. The second-order valence-electron chi connectivity index (χ2n) is 5.18. The van der Waals surface area contributed by atoms with Gasteiger partial charge in [0.05, 0.1) is 5.69 Å². The first-order valence-electron chi connectivity index (χ1n) is 6.70. The van der Waals surface area contributed by atoms with Gasteiger partial charge in [-0.3, -0.25) is 0 Å². The molecule has 0 amide bonds. The summed E-state index contributed by atoms with van der Waals surface area (Å²) in [5, 5.41) is 3.42. The van der Waals surface area contributed by atoms with Crippen LogP contribution in [0.3, 0.4) is 0 Å². The van der Waals surface area contributed by atoms with Crippen LogP contribution in [0.1, 0.15) is 12.8 Å². The number of hydrogen-bond donors (Lipinski definition) is 3. The van der Waals surface area contributed by atoms with E-state index in [4.69, 9.17) is 5.73 Å². The molecule has 1 saturated heterocycles. The Labute approximate surface area is 120 Å². The third-order valence-electron chi connectivity index (χ3n) is 3.66. The predicted molar refractivity (Wildman–Crippen MR) is 81.2 cm³/mol. The lowest BCUT2D eigenvalue weighted by Gasteiger charge is -2.30. The molecule has 4 N–H and O–H groups in total. The van der Waals surface area contributed by atoms with Crippen LogP contribution >= 0.6 is 0 Å². The normalized spacial score (nSPS) is 18.1. The molecule has 0 aliphatic carbocycles. The number of hydrogen-bond acceptors (Lipinski definition) is 5. The number of piperidine rings is 1. The fourth-order valence-electron chi connectivity index (χ4n) is 2.38. The van der Waals surface area contributed by atoms with Gasteiger partial charge in [0.2, 0.25) is 10.0 Å². The minimum atomic E-state index is -3.50. The molecule has 112 valence electrons. The Bertz CT molecular complexity index is 566. The van der Waals surface area contributed by atoms with E-state index < -0.39 is 10.0 Å². The van der Waals surface area contributed by atoms with Gasteiger partial charge in [0, 0.05) is 11.7 Å². The molecule has 2 rings (SSSR count). The summed E-state index contributed by atoms with van der Waals surface area (Å²) in [6.07, 6.45) is 2.15. The Kier molecular flexibility index (Phi) is 4.52. The van der Waals surface area contributed by atoms with Gasteiger partial charge in [-0.15, -0.1) is 0 Å². The summed E-state index contributed by atoms with van der Waals surface area (Å²) >= 11 is 0. The molecule has 1 aliphatic rings. The molecule has 0 aromatic heterocycles. The minimum Gasteiger partial charge on any atom is -0.398 e. The van der Waals surface area contributed by atoms with E-state index >= 15 is 0 Å². The maximum Gasteiger partial charge on any atom is 0.242 e. The maximum atomic E-state index is 11.7. The van der Waals surface area contributed by atoms with E-state index in [-0.39, 0.29) is 10.6 Å². The summed E-state index contributed by atoms with van der Waals surface area (Å²) in [7, 11) is -0.00429. The van der Waals surface area contributed by atoms with Gasteiger partial charge in [0.15, 0.2) is 0 Å². The van der Waals surface area contributed by atoms with E-state index in [9.17, 15) is 8.42 Å². The number of anilines is 2. The molecule has 1 aliphatic heterocycles. The number of nitrogens with two attached hydrogens (primary N) is 1. The van der Waals surface area contributed by atoms with Crippen LogP contribution < -0.4 is 15.8 Å². The Morgan fingerprint density at radius 3 is 2.50 bits per heavy atom. The van der Waals surface area contributed by atoms with Gasteiger partial charge in [0.1, 0.15) is 4.90 Å². The van der Waals surface area contributed by atoms with Crippen molar-refractivity contribution in [3.63, 3.8) is 0 Å². The number of rotatable bonds is 4. The molecular weight excluding hydrogens is 276 g/mol. The highest BCUT2D eigenvalue weighted by molar-refractivity contribution is 7.89. The summed E-state index contributed by atoms with van der Waals surface area (Å²) in [5.41, 5.74) is 6.97. The second-order valence-corrected chi connectivity index (χ2v) is 7.04. The minimum absolute atomic E-state index is 0.119. The van der Waals surface area contributed by atoms with Crippen molar-refractivity contribution in [2.45, 2.75) is 23.8 Å². The van der Waals surface area contributed by atoms with E-state index in [1.165, 1.54) is 7.05 Å². The molecule has 1 fully saturated rings. The van der Waals surface area contributed by atoms with Gasteiger partial charge in [-0.1, -0.05) is 0 Å². The van der Waals surface area contributed by atoms with Gasteiger partial charge < -0.3 is 16.0 Å². The number of nitrogens with zero attached hydrogens (tertiary/aromatic N) is 1. The van der Waals surface area contributed by atoms with Crippen LogP contribution in [0.25, 0.3) is 0 Å². The predicted octanol–water partition coefficient (Wildman–Crippen LogP) is 0.683. The van der Waals surface area contributed by atoms with Gasteiger partial charge in [0.25, 0.3) is 0 Å². The van der Waals surface area contributed by atoms with Crippen molar-refractivity contribution in [2.75, 3.05) is 38.2 Å². The first-order chi connectivity index (χ1) is 9.42. The van der Waals surface area contributed by atoms with Crippen molar-refractivity contribution in [2.24, 2.45) is 0 Å². The van der Waals surface area contributed by atoms with Gasteiger partial charge >= 0.3 is 0 Å². The number of likely N-dealkylation sites (tertiary alicyclic amines) is 1. The van der Waals surface area contributed by atoms with Crippen molar-refractivity contribution in [3.8, 4) is 0 Å². The molecule has 0 unspecified atom stereocenters. The highest BCUT2D eigenvalue weighted by Crippen LogP contribution is 2.24. The van der Waals surface area contributed by atoms with Gasteiger partial charge in [-0.25, -0.2) is 13.1 Å². The lowest BCUT2D eigenvalue weighted by atomic mass is 10.1. The fraction of sp³-hybridized carbons (Fsp3) is 0.538. The van der Waals surface area contributed by atoms with Crippen LogP contribution in [0.4, 0.5) is 11.4 Å². The van der Waals surface area contributed by atoms with E-state index in [0.717, 1.165) is 31.6 Å². The summed E-state index contributed by atoms with van der Waals surface area (Å²) in [4.78, 5) is 2.42. The zero-order chi connectivity index (χ0) is 14.8.